The molecule has 2 amide bonds. The second-order valence-corrected chi connectivity index (χ2v) is 9.87. The molecule has 0 heterocycles. The van der Waals surface area contributed by atoms with Gasteiger partial charge in [-0.05, 0) is 48.7 Å². The Bertz CT molecular complexity index is 993. The van der Waals surface area contributed by atoms with Crippen molar-refractivity contribution in [1.29, 1.82) is 0 Å². The number of hydrogen-bond acceptors (Lipinski definition) is 4. The van der Waals surface area contributed by atoms with E-state index in [1.807, 2.05) is 19.1 Å². The van der Waals surface area contributed by atoms with Crippen LogP contribution >= 0.6 is 15.9 Å². The predicted octanol–water partition coefficient (Wildman–Crippen LogP) is 7.67. The summed E-state index contributed by atoms with van der Waals surface area (Å²) in [6.45, 7) is 3.80. The van der Waals surface area contributed by atoms with Crippen molar-refractivity contribution in [3.05, 3.63) is 58.1 Å². The van der Waals surface area contributed by atoms with Crippen LogP contribution in [0.3, 0.4) is 0 Å². The van der Waals surface area contributed by atoms with Crippen LogP contribution in [0.15, 0.2) is 46.9 Å². The Kier molecular flexibility index (Phi) is 13.9. The Hall–Kier alpha value is -2.67. The van der Waals surface area contributed by atoms with E-state index in [0.29, 0.717) is 17.8 Å². The fourth-order valence-corrected chi connectivity index (χ4v) is 4.36. The average molecular weight is 560 g/mol. The van der Waals surface area contributed by atoms with Gasteiger partial charge in [0.2, 0.25) is 5.91 Å². The molecule has 6 nitrogen and oxygen atoms in total. The van der Waals surface area contributed by atoms with Gasteiger partial charge in [-0.15, -0.1) is 0 Å². The van der Waals surface area contributed by atoms with Crippen LogP contribution in [0, 0.1) is 0 Å². The molecule has 0 atom stereocenters. The summed E-state index contributed by atoms with van der Waals surface area (Å²) >= 11 is 3.42. The van der Waals surface area contributed by atoms with E-state index in [2.05, 4.69) is 33.5 Å². The first-order valence-electron chi connectivity index (χ1n) is 13.1. The average Bonchev–Trinajstić information content (AvgIpc) is 2.87. The van der Waals surface area contributed by atoms with Crippen molar-refractivity contribution in [3.8, 4) is 0 Å². The number of carbonyl (C=O) groups excluding carboxylic acids is 3. The Morgan fingerprint density at radius 1 is 0.778 bits per heavy atom. The van der Waals surface area contributed by atoms with Crippen LogP contribution in [-0.4, -0.2) is 24.4 Å². The summed E-state index contributed by atoms with van der Waals surface area (Å²) in [6, 6.07) is 12.3. The van der Waals surface area contributed by atoms with E-state index in [1.54, 1.807) is 30.3 Å². The van der Waals surface area contributed by atoms with Crippen molar-refractivity contribution in [2.45, 2.75) is 84.5 Å². The largest absolute Gasteiger partial charge is 0.452 e. The smallest absolute Gasteiger partial charge is 0.340 e. The highest BCUT2D eigenvalue weighted by atomic mass is 79.9. The Balaban J connectivity index is 1.77. The van der Waals surface area contributed by atoms with Crippen molar-refractivity contribution >= 4 is 45.1 Å². The minimum absolute atomic E-state index is 0.127. The van der Waals surface area contributed by atoms with Crippen molar-refractivity contribution in [2.24, 2.45) is 0 Å². The summed E-state index contributed by atoms with van der Waals surface area (Å²) in [5.74, 6) is -1.21. The van der Waals surface area contributed by atoms with Crippen LogP contribution in [0.5, 0.6) is 0 Å². The van der Waals surface area contributed by atoms with Crippen LogP contribution in [0.1, 0.15) is 94.0 Å². The molecule has 196 valence electrons. The van der Waals surface area contributed by atoms with Gasteiger partial charge < -0.3 is 15.4 Å². The molecule has 0 unspecified atom stereocenters. The van der Waals surface area contributed by atoms with Crippen molar-refractivity contribution < 1.29 is 19.1 Å². The van der Waals surface area contributed by atoms with Gasteiger partial charge in [0.1, 0.15) is 0 Å². The van der Waals surface area contributed by atoms with Gasteiger partial charge in [0.15, 0.2) is 6.61 Å². The molecule has 0 aliphatic carbocycles. The third-order valence-corrected chi connectivity index (χ3v) is 6.48. The van der Waals surface area contributed by atoms with E-state index in [9.17, 15) is 14.4 Å². The highest BCUT2D eigenvalue weighted by molar-refractivity contribution is 9.10. The molecule has 0 radical (unpaired) electrons. The minimum Gasteiger partial charge on any atom is -0.452 e. The third-order valence-electron chi connectivity index (χ3n) is 5.99. The van der Waals surface area contributed by atoms with Gasteiger partial charge in [-0.25, -0.2) is 4.79 Å². The van der Waals surface area contributed by atoms with Crippen LogP contribution in [0.2, 0.25) is 0 Å². The van der Waals surface area contributed by atoms with Crippen LogP contribution < -0.4 is 10.6 Å². The molecule has 2 N–H and O–H groups in total. The maximum absolute atomic E-state index is 12.6. The van der Waals surface area contributed by atoms with Gasteiger partial charge in [-0.1, -0.05) is 93.3 Å². The van der Waals surface area contributed by atoms with Gasteiger partial charge >= 0.3 is 5.97 Å². The predicted molar refractivity (Wildman–Crippen MR) is 149 cm³/mol. The number of unbranched alkanes of at least 4 members (excludes halogenated alkanes) is 8. The molecule has 2 aromatic carbocycles. The van der Waals surface area contributed by atoms with Crippen LogP contribution in [0.4, 0.5) is 11.4 Å². The summed E-state index contributed by atoms with van der Waals surface area (Å²) in [7, 11) is 0. The van der Waals surface area contributed by atoms with E-state index in [0.717, 1.165) is 35.7 Å². The fourth-order valence-electron chi connectivity index (χ4n) is 3.95. The molecule has 0 bridgehead atoms. The number of esters is 1. The molecule has 0 fully saturated rings. The first kappa shape index (κ1) is 29.6. The van der Waals surface area contributed by atoms with E-state index >= 15 is 0 Å². The lowest BCUT2D eigenvalue weighted by molar-refractivity contribution is -0.119. The zero-order valence-electron chi connectivity index (χ0n) is 21.5. The second kappa shape index (κ2) is 16.9. The summed E-state index contributed by atoms with van der Waals surface area (Å²) in [5.41, 5.74) is 2.28. The maximum atomic E-state index is 12.6. The monoisotopic (exact) mass is 558 g/mol. The standard InChI is InChI=1S/C29H39BrN2O4/c1-3-5-6-7-8-9-10-11-12-17-27(33)32-26-16-14-13-15-24(26)29(35)36-21-28(34)31-25-19-18-23(30)20-22(25)4-2/h13-16,18-20H,3-12,17,21H2,1-2H3,(H,31,34)(H,32,33). The number of amides is 2. The number of benzene rings is 2. The molecule has 7 heteroatoms. The third kappa shape index (κ3) is 10.9. The van der Waals surface area contributed by atoms with Gasteiger partial charge in [-0.2, -0.15) is 0 Å². The highest BCUT2D eigenvalue weighted by Gasteiger charge is 2.16. The molecule has 2 aromatic rings. The van der Waals surface area contributed by atoms with Crippen LogP contribution in [0.25, 0.3) is 0 Å². The van der Waals surface area contributed by atoms with Crippen molar-refractivity contribution in [2.75, 3.05) is 17.2 Å². The number of hydrogen-bond donors (Lipinski definition) is 2. The lowest BCUT2D eigenvalue weighted by Crippen LogP contribution is -2.22. The molecule has 0 saturated heterocycles. The number of rotatable bonds is 16. The highest BCUT2D eigenvalue weighted by Crippen LogP contribution is 2.22. The normalized spacial score (nSPS) is 10.6. The van der Waals surface area contributed by atoms with E-state index in [-0.39, 0.29) is 11.5 Å². The van der Waals surface area contributed by atoms with Crippen LogP contribution in [-0.2, 0) is 20.7 Å². The molecule has 0 saturated carbocycles. The van der Waals surface area contributed by atoms with Crippen molar-refractivity contribution in [3.63, 3.8) is 0 Å². The minimum atomic E-state index is -0.657. The van der Waals surface area contributed by atoms with E-state index in [4.69, 9.17) is 4.74 Å². The number of anilines is 2. The lowest BCUT2D eigenvalue weighted by atomic mass is 10.1. The maximum Gasteiger partial charge on any atom is 0.340 e. The summed E-state index contributed by atoms with van der Waals surface area (Å²) in [6.07, 6.45) is 11.8. The Labute approximate surface area is 223 Å². The Morgan fingerprint density at radius 3 is 2.11 bits per heavy atom. The molecule has 0 aromatic heterocycles. The molecular weight excluding hydrogens is 520 g/mol. The van der Waals surface area contributed by atoms with E-state index in [1.165, 1.54) is 38.5 Å². The van der Waals surface area contributed by atoms with Gasteiger partial charge in [0, 0.05) is 16.6 Å². The molecular formula is C29H39BrN2O4. The Morgan fingerprint density at radius 2 is 1.42 bits per heavy atom. The molecule has 2 rings (SSSR count). The molecule has 0 aliphatic rings. The van der Waals surface area contributed by atoms with Gasteiger partial charge in [0.25, 0.3) is 5.91 Å². The topological polar surface area (TPSA) is 84.5 Å². The van der Waals surface area contributed by atoms with E-state index < -0.39 is 18.5 Å². The summed E-state index contributed by atoms with van der Waals surface area (Å²) in [4.78, 5) is 37.4. The molecule has 0 aliphatic heterocycles. The fraction of sp³-hybridized carbons (Fsp3) is 0.483. The number of halogens is 1. The van der Waals surface area contributed by atoms with Crippen molar-refractivity contribution in [1.82, 2.24) is 0 Å². The number of para-hydroxylation sites is 1. The van der Waals surface area contributed by atoms with Gasteiger partial charge in [0.05, 0.1) is 11.3 Å². The molecule has 36 heavy (non-hydrogen) atoms. The number of aryl methyl sites for hydroxylation is 1. The quantitative estimate of drug-likeness (QED) is 0.163. The second-order valence-electron chi connectivity index (χ2n) is 8.95. The zero-order valence-corrected chi connectivity index (χ0v) is 23.1. The van der Waals surface area contributed by atoms with Gasteiger partial charge in [-0.3, -0.25) is 9.59 Å². The SMILES string of the molecule is CCCCCCCCCCCC(=O)Nc1ccccc1C(=O)OCC(=O)Nc1ccc(Br)cc1CC. The first-order chi connectivity index (χ1) is 17.4. The first-order valence-corrected chi connectivity index (χ1v) is 13.9. The summed E-state index contributed by atoms with van der Waals surface area (Å²) < 4.78 is 6.16. The molecule has 0 spiro atoms. The number of nitrogens with one attached hydrogen (secondary N) is 2. The lowest BCUT2D eigenvalue weighted by Gasteiger charge is -2.12. The zero-order chi connectivity index (χ0) is 26.2. The number of ether oxygens (including phenoxy) is 1. The summed E-state index contributed by atoms with van der Waals surface area (Å²) in [5, 5.41) is 5.61. The number of carbonyl (C=O) groups is 3.